The molecular weight excluding hydrogens is 293 g/mol. The number of halogens is 2. The molecule has 0 saturated carbocycles. The minimum atomic E-state index is -0.0918. The fourth-order valence-electron chi connectivity index (χ4n) is 2.45. The van der Waals surface area contributed by atoms with Crippen LogP contribution >= 0.6 is 23.2 Å². The van der Waals surface area contributed by atoms with Gasteiger partial charge in [-0.15, -0.1) is 0 Å². The number of ketones is 1. The molecule has 0 aromatic heterocycles. The maximum atomic E-state index is 12.5. The van der Waals surface area contributed by atoms with Gasteiger partial charge in [-0.2, -0.15) is 0 Å². The van der Waals surface area contributed by atoms with Crippen LogP contribution in [0.15, 0.2) is 36.4 Å². The van der Waals surface area contributed by atoms with E-state index < -0.39 is 0 Å². The second kappa shape index (κ2) is 5.57. The third-order valence-electron chi connectivity index (χ3n) is 3.53. The van der Waals surface area contributed by atoms with E-state index in [9.17, 15) is 4.79 Å². The van der Waals surface area contributed by atoms with Gasteiger partial charge in [-0.3, -0.25) is 4.79 Å². The third-order valence-corrected chi connectivity index (χ3v) is 4.09. The Morgan fingerprint density at radius 2 is 1.90 bits per heavy atom. The smallest absolute Gasteiger partial charge is 0.194 e. The van der Waals surface area contributed by atoms with Crippen molar-refractivity contribution >= 4 is 29.0 Å². The quantitative estimate of drug-likeness (QED) is 0.853. The van der Waals surface area contributed by atoms with E-state index >= 15 is 0 Å². The number of nitrogens with one attached hydrogen (secondary N) is 1. The first kappa shape index (κ1) is 13.6. The van der Waals surface area contributed by atoms with Gasteiger partial charge < -0.3 is 5.32 Å². The molecule has 4 heteroatoms. The number of carbonyl (C=O) groups excluding carboxylic acids is 1. The average molecular weight is 306 g/mol. The second-order valence-corrected chi connectivity index (χ2v) is 5.71. The maximum Gasteiger partial charge on any atom is 0.194 e. The SMILES string of the molecule is O=C(c1ccc2c(c1)CNCC2)c1cc(Cl)ccc1Cl. The summed E-state index contributed by atoms with van der Waals surface area (Å²) in [4.78, 5) is 12.5. The van der Waals surface area contributed by atoms with Gasteiger partial charge in [0.1, 0.15) is 0 Å². The highest BCUT2D eigenvalue weighted by Gasteiger charge is 2.16. The van der Waals surface area contributed by atoms with E-state index in [1.807, 2.05) is 18.2 Å². The van der Waals surface area contributed by atoms with Gasteiger partial charge in [-0.25, -0.2) is 0 Å². The number of hydrogen-bond acceptors (Lipinski definition) is 2. The highest BCUT2D eigenvalue weighted by atomic mass is 35.5. The lowest BCUT2D eigenvalue weighted by molar-refractivity contribution is 0.103. The lowest BCUT2D eigenvalue weighted by Crippen LogP contribution is -2.23. The van der Waals surface area contributed by atoms with Gasteiger partial charge in [0.15, 0.2) is 5.78 Å². The van der Waals surface area contributed by atoms with Crippen LogP contribution in [0.4, 0.5) is 0 Å². The molecule has 0 saturated heterocycles. The van der Waals surface area contributed by atoms with Crippen LogP contribution in [0.25, 0.3) is 0 Å². The molecule has 1 N–H and O–H groups in total. The zero-order chi connectivity index (χ0) is 14.1. The normalized spacial score (nSPS) is 13.9. The molecule has 1 aliphatic heterocycles. The lowest BCUT2D eigenvalue weighted by Gasteiger charge is -2.17. The molecule has 2 aromatic rings. The van der Waals surface area contributed by atoms with Crippen molar-refractivity contribution in [2.45, 2.75) is 13.0 Å². The van der Waals surface area contributed by atoms with E-state index in [4.69, 9.17) is 23.2 Å². The number of fused-ring (bicyclic) bond motifs is 1. The monoisotopic (exact) mass is 305 g/mol. The highest BCUT2D eigenvalue weighted by molar-refractivity contribution is 6.36. The molecule has 0 fully saturated rings. The summed E-state index contributed by atoms with van der Waals surface area (Å²) in [5.41, 5.74) is 3.58. The van der Waals surface area contributed by atoms with E-state index in [2.05, 4.69) is 5.32 Å². The second-order valence-electron chi connectivity index (χ2n) is 4.86. The van der Waals surface area contributed by atoms with Gasteiger partial charge >= 0.3 is 0 Å². The van der Waals surface area contributed by atoms with Crippen LogP contribution in [0.1, 0.15) is 27.0 Å². The molecule has 1 aliphatic rings. The van der Waals surface area contributed by atoms with Crippen LogP contribution in [0.2, 0.25) is 10.0 Å². The number of benzene rings is 2. The van der Waals surface area contributed by atoms with Gasteiger partial charge in [0, 0.05) is 22.7 Å². The zero-order valence-electron chi connectivity index (χ0n) is 10.7. The van der Waals surface area contributed by atoms with Crippen molar-refractivity contribution in [3.05, 3.63) is 68.7 Å². The Morgan fingerprint density at radius 1 is 1.05 bits per heavy atom. The van der Waals surface area contributed by atoms with E-state index in [0.717, 1.165) is 19.5 Å². The van der Waals surface area contributed by atoms with E-state index in [0.29, 0.717) is 21.2 Å². The first-order valence-electron chi connectivity index (χ1n) is 6.47. The lowest BCUT2D eigenvalue weighted by atomic mass is 9.95. The van der Waals surface area contributed by atoms with Gasteiger partial charge in [0.2, 0.25) is 0 Å². The zero-order valence-corrected chi connectivity index (χ0v) is 12.3. The largest absolute Gasteiger partial charge is 0.312 e. The van der Waals surface area contributed by atoms with Crippen LogP contribution in [-0.2, 0) is 13.0 Å². The minimum absolute atomic E-state index is 0.0918. The van der Waals surface area contributed by atoms with Crippen LogP contribution < -0.4 is 5.32 Å². The minimum Gasteiger partial charge on any atom is -0.312 e. The van der Waals surface area contributed by atoms with Crippen LogP contribution in [-0.4, -0.2) is 12.3 Å². The van der Waals surface area contributed by atoms with E-state index in [1.165, 1.54) is 11.1 Å². The molecule has 3 rings (SSSR count). The Kier molecular flexibility index (Phi) is 3.79. The first-order chi connectivity index (χ1) is 9.65. The van der Waals surface area contributed by atoms with Crippen molar-refractivity contribution in [2.24, 2.45) is 0 Å². The molecule has 102 valence electrons. The van der Waals surface area contributed by atoms with Gasteiger partial charge in [0.25, 0.3) is 0 Å². The van der Waals surface area contributed by atoms with Crippen LogP contribution in [0, 0.1) is 0 Å². The van der Waals surface area contributed by atoms with Crippen molar-refractivity contribution in [3.8, 4) is 0 Å². The van der Waals surface area contributed by atoms with Crippen molar-refractivity contribution < 1.29 is 4.79 Å². The highest BCUT2D eigenvalue weighted by Crippen LogP contribution is 2.25. The average Bonchev–Trinajstić information content (AvgIpc) is 2.48. The number of rotatable bonds is 2. The predicted octanol–water partition coefficient (Wildman–Crippen LogP) is 3.87. The topological polar surface area (TPSA) is 29.1 Å². The van der Waals surface area contributed by atoms with Gasteiger partial charge in [-0.1, -0.05) is 35.3 Å². The Morgan fingerprint density at radius 3 is 2.75 bits per heavy atom. The first-order valence-corrected chi connectivity index (χ1v) is 7.23. The molecule has 0 aliphatic carbocycles. The summed E-state index contributed by atoms with van der Waals surface area (Å²) in [6.45, 7) is 1.79. The summed E-state index contributed by atoms with van der Waals surface area (Å²) in [5, 5.41) is 4.25. The molecule has 1 heterocycles. The molecular formula is C16H13Cl2NO. The van der Waals surface area contributed by atoms with Crippen molar-refractivity contribution in [1.29, 1.82) is 0 Å². The number of carbonyl (C=O) groups is 1. The molecule has 20 heavy (non-hydrogen) atoms. The fraction of sp³-hybridized carbons (Fsp3) is 0.188. The summed E-state index contributed by atoms with van der Waals surface area (Å²) in [7, 11) is 0. The van der Waals surface area contributed by atoms with Crippen LogP contribution in [0.5, 0.6) is 0 Å². The summed E-state index contributed by atoms with van der Waals surface area (Å²) in [6.07, 6.45) is 1.00. The summed E-state index contributed by atoms with van der Waals surface area (Å²) < 4.78 is 0. The van der Waals surface area contributed by atoms with Gasteiger partial charge in [0.05, 0.1) is 5.02 Å². The van der Waals surface area contributed by atoms with Crippen LogP contribution in [0.3, 0.4) is 0 Å². The molecule has 2 nitrogen and oxygen atoms in total. The standard InChI is InChI=1S/C16H13Cl2NO/c17-13-3-4-15(18)14(8-13)16(20)11-2-1-10-5-6-19-9-12(10)7-11/h1-4,7-8,19H,5-6,9H2. The van der Waals surface area contributed by atoms with Gasteiger partial charge in [-0.05, 0) is 48.4 Å². The Labute approximate surface area is 127 Å². The third kappa shape index (κ3) is 2.59. The Balaban J connectivity index is 2.00. The number of hydrogen-bond donors (Lipinski definition) is 1. The van der Waals surface area contributed by atoms with E-state index in [-0.39, 0.29) is 5.78 Å². The van der Waals surface area contributed by atoms with Crippen molar-refractivity contribution in [2.75, 3.05) is 6.54 Å². The molecule has 0 bridgehead atoms. The molecule has 2 aromatic carbocycles. The summed E-state index contributed by atoms with van der Waals surface area (Å²) >= 11 is 12.0. The maximum absolute atomic E-state index is 12.5. The molecule has 0 radical (unpaired) electrons. The molecule has 0 spiro atoms. The summed E-state index contributed by atoms with van der Waals surface area (Å²) in [6, 6.07) is 10.8. The predicted molar refractivity (Wildman–Crippen MR) is 81.7 cm³/mol. The molecule has 0 amide bonds. The summed E-state index contributed by atoms with van der Waals surface area (Å²) in [5.74, 6) is -0.0918. The van der Waals surface area contributed by atoms with E-state index in [1.54, 1.807) is 18.2 Å². The Bertz CT molecular complexity index is 682. The van der Waals surface area contributed by atoms with Crippen molar-refractivity contribution in [1.82, 2.24) is 5.32 Å². The van der Waals surface area contributed by atoms with Crippen molar-refractivity contribution in [3.63, 3.8) is 0 Å². The fourth-order valence-corrected chi connectivity index (χ4v) is 2.82. The Hall–Kier alpha value is -1.35. The molecule has 0 unspecified atom stereocenters. The molecule has 0 atom stereocenters.